The van der Waals surface area contributed by atoms with E-state index in [1.807, 2.05) is 30.3 Å². The van der Waals surface area contributed by atoms with Crippen LogP contribution in [0.15, 0.2) is 168 Å². The Labute approximate surface area is 347 Å². The van der Waals surface area contributed by atoms with Crippen LogP contribution in [0.1, 0.15) is 36.8 Å². The zero-order valence-electron chi connectivity index (χ0n) is 33.0. The first-order chi connectivity index (χ1) is 29.7. The van der Waals surface area contributed by atoms with Gasteiger partial charge in [0.25, 0.3) is 0 Å². The summed E-state index contributed by atoms with van der Waals surface area (Å²) in [6.07, 6.45) is 5.56. The first kappa shape index (κ1) is 33.0. The Kier molecular flexibility index (Phi) is 6.64. The van der Waals surface area contributed by atoms with Crippen molar-refractivity contribution < 1.29 is 4.42 Å². The Morgan fingerprint density at radius 1 is 0.417 bits per heavy atom. The molecule has 4 fully saturated rings. The van der Waals surface area contributed by atoms with Crippen LogP contribution in [-0.2, 0) is 5.41 Å². The lowest BCUT2D eigenvalue weighted by molar-refractivity contribution is 0.191. The second-order valence-electron chi connectivity index (χ2n) is 17.9. The first-order valence-electron chi connectivity index (χ1n) is 21.6. The molecule has 0 N–H and O–H groups in total. The third-order valence-electron chi connectivity index (χ3n) is 15.1. The molecule has 5 aliphatic rings. The molecule has 4 heteroatoms. The maximum absolute atomic E-state index is 6.35. The maximum Gasteiger partial charge on any atom is 0.165 e. The van der Waals surface area contributed by atoms with E-state index in [1.54, 1.807) is 11.1 Å². The molecule has 1 spiro atoms. The van der Waals surface area contributed by atoms with Crippen molar-refractivity contribution in [3.05, 3.63) is 175 Å². The van der Waals surface area contributed by atoms with E-state index < -0.39 is 0 Å². The van der Waals surface area contributed by atoms with Crippen LogP contribution in [0.3, 0.4) is 0 Å². The number of para-hydroxylation sites is 1. The normalized spacial score (nSPS) is 22.1. The van der Waals surface area contributed by atoms with Crippen LogP contribution in [0.25, 0.3) is 99.9 Å². The minimum absolute atomic E-state index is 0.117. The van der Waals surface area contributed by atoms with E-state index in [-0.39, 0.29) is 5.41 Å². The Bertz CT molecular complexity index is 3380. The van der Waals surface area contributed by atoms with Gasteiger partial charge in [-0.2, -0.15) is 0 Å². The van der Waals surface area contributed by atoms with E-state index in [2.05, 4.69) is 133 Å². The SMILES string of the molecule is c1ccc(-c2nc(-c3ccc4c(c3)oc3ccccc34)nc(-c3c4ccccc4c(-c4ccc5c(c4)C4(c6ccccc6-5)C5CC6CC(C5)C4C6)c4ccccc34)n2)cc1. The van der Waals surface area contributed by atoms with Crippen molar-refractivity contribution in [1.29, 1.82) is 0 Å². The summed E-state index contributed by atoms with van der Waals surface area (Å²) in [5.41, 5.74) is 13.3. The molecule has 0 radical (unpaired) electrons. The minimum atomic E-state index is 0.117. The molecule has 2 aromatic heterocycles. The molecule has 5 atom stereocenters. The summed E-state index contributed by atoms with van der Waals surface area (Å²) < 4.78 is 6.35. The van der Waals surface area contributed by atoms with Gasteiger partial charge in [0, 0.05) is 32.9 Å². The van der Waals surface area contributed by atoms with E-state index >= 15 is 0 Å². The second-order valence-corrected chi connectivity index (χ2v) is 17.9. The molecular weight excluding hydrogens is 731 g/mol. The van der Waals surface area contributed by atoms with Crippen molar-refractivity contribution in [2.45, 2.75) is 31.1 Å². The Morgan fingerprint density at radius 2 is 1.03 bits per heavy atom. The molecule has 5 aliphatic carbocycles. The summed E-state index contributed by atoms with van der Waals surface area (Å²) in [6, 6.07) is 59.4. The fourth-order valence-electron chi connectivity index (χ4n) is 13.0. The molecule has 10 aromatic rings. The lowest BCUT2D eigenvalue weighted by Crippen LogP contribution is -2.40. The lowest BCUT2D eigenvalue weighted by atomic mass is 9.59. The van der Waals surface area contributed by atoms with Crippen LogP contribution >= 0.6 is 0 Å². The van der Waals surface area contributed by atoms with Gasteiger partial charge in [0.15, 0.2) is 17.5 Å². The third-order valence-corrected chi connectivity index (χ3v) is 15.1. The number of nitrogens with zero attached hydrogens (tertiary/aromatic N) is 3. The van der Waals surface area contributed by atoms with Crippen molar-refractivity contribution in [3.63, 3.8) is 0 Å². The number of hydrogen-bond donors (Lipinski definition) is 0. The average molecular weight is 770 g/mol. The second kappa shape index (κ2) is 12.1. The molecule has 8 aromatic carbocycles. The Morgan fingerprint density at radius 3 is 1.82 bits per heavy atom. The van der Waals surface area contributed by atoms with Gasteiger partial charge in [0.05, 0.1) is 0 Å². The molecule has 0 saturated heterocycles. The highest BCUT2D eigenvalue weighted by Gasteiger charge is 2.66. The van der Waals surface area contributed by atoms with Gasteiger partial charge in [-0.05, 0) is 129 Å². The molecule has 60 heavy (non-hydrogen) atoms. The van der Waals surface area contributed by atoms with Gasteiger partial charge in [-0.1, -0.05) is 140 Å². The van der Waals surface area contributed by atoms with Gasteiger partial charge in [-0.25, -0.2) is 15.0 Å². The molecule has 15 rings (SSSR count). The maximum atomic E-state index is 6.35. The molecule has 0 amide bonds. The van der Waals surface area contributed by atoms with E-state index in [1.165, 1.54) is 58.7 Å². The van der Waals surface area contributed by atoms with Crippen molar-refractivity contribution >= 4 is 43.5 Å². The number of aromatic nitrogens is 3. The van der Waals surface area contributed by atoms with Crippen LogP contribution in [0.5, 0.6) is 0 Å². The van der Waals surface area contributed by atoms with Crippen LogP contribution in [-0.4, -0.2) is 15.0 Å². The topological polar surface area (TPSA) is 51.8 Å². The smallest absolute Gasteiger partial charge is 0.165 e. The van der Waals surface area contributed by atoms with Crippen LogP contribution in [0.4, 0.5) is 0 Å². The van der Waals surface area contributed by atoms with Crippen LogP contribution < -0.4 is 0 Å². The first-order valence-corrected chi connectivity index (χ1v) is 21.6. The summed E-state index contributed by atoms with van der Waals surface area (Å²) in [7, 11) is 0. The average Bonchev–Trinajstić information content (AvgIpc) is 3.98. The van der Waals surface area contributed by atoms with Gasteiger partial charge in [-0.3, -0.25) is 0 Å². The van der Waals surface area contributed by atoms with Crippen LogP contribution in [0.2, 0.25) is 0 Å². The number of hydrogen-bond acceptors (Lipinski definition) is 4. The summed E-state index contributed by atoms with van der Waals surface area (Å²) in [5, 5.41) is 6.85. The van der Waals surface area contributed by atoms with E-state index in [0.29, 0.717) is 17.5 Å². The number of fused-ring (bicyclic) bond motifs is 8. The number of rotatable bonds is 4. The predicted octanol–water partition coefficient (Wildman–Crippen LogP) is 14.1. The highest BCUT2D eigenvalue weighted by Crippen LogP contribution is 2.73. The standard InChI is InChI=1S/C56H39N3O/c1-2-12-33(13-3-1)53-57-54(35-23-25-41-40-15-9-11-21-49(40)60-50(41)31-35)59-55(58-53)52-44-18-6-4-16-42(44)51(43-17-5-7-19-45(43)52)34-22-24-39-38-14-8-10-20-46(38)56(48(39)30-34)37-27-32-26-36(29-37)47(56)28-32/h1-25,30-32,36-37,47H,26-29H2. The fraction of sp³-hybridized carbons (Fsp3) is 0.161. The predicted molar refractivity (Wildman–Crippen MR) is 243 cm³/mol. The summed E-state index contributed by atoms with van der Waals surface area (Å²) in [4.78, 5) is 15.8. The van der Waals surface area contributed by atoms with Gasteiger partial charge >= 0.3 is 0 Å². The quantitative estimate of drug-likeness (QED) is 0.167. The largest absolute Gasteiger partial charge is 0.456 e. The van der Waals surface area contributed by atoms with Gasteiger partial charge in [0.2, 0.25) is 0 Å². The fourth-order valence-corrected chi connectivity index (χ4v) is 13.0. The zero-order chi connectivity index (χ0) is 39.1. The molecule has 4 nitrogen and oxygen atoms in total. The number of benzene rings is 8. The Balaban J connectivity index is 1.00. The van der Waals surface area contributed by atoms with Crippen molar-refractivity contribution in [3.8, 4) is 56.4 Å². The third kappa shape index (κ3) is 4.38. The van der Waals surface area contributed by atoms with E-state index in [4.69, 9.17) is 19.4 Å². The van der Waals surface area contributed by atoms with Crippen molar-refractivity contribution in [1.82, 2.24) is 15.0 Å². The molecule has 4 saturated carbocycles. The zero-order valence-corrected chi connectivity index (χ0v) is 33.0. The minimum Gasteiger partial charge on any atom is -0.456 e. The Hall–Kier alpha value is -6.91. The van der Waals surface area contributed by atoms with Gasteiger partial charge in [-0.15, -0.1) is 0 Å². The highest BCUT2D eigenvalue weighted by molar-refractivity contribution is 6.21. The lowest BCUT2D eigenvalue weighted by Gasteiger charge is -2.44. The molecule has 2 heterocycles. The molecule has 284 valence electrons. The van der Waals surface area contributed by atoms with Gasteiger partial charge in [0.1, 0.15) is 11.2 Å². The monoisotopic (exact) mass is 769 g/mol. The van der Waals surface area contributed by atoms with Gasteiger partial charge < -0.3 is 4.42 Å². The molecule has 0 aliphatic heterocycles. The number of furan rings is 1. The highest BCUT2D eigenvalue weighted by atomic mass is 16.3. The van der Waals surface area contributed by atoms with E-state index in [9.17, 15) is 0 Å². The van der Waals surface area contributed by atoms with E-state index in [0.717, 1.165) is 73.1 Å². The molecule has 4 bridgehead atoms. The summed E-state index contributed by atoms with van der Waals surface area (Å²) in [5.74, 6) is 5.13. The molecular formula is C56H39N3O. The summed E-state index contributed by atoms with van der Waals surface area (Å²) >= 11 is 0. The van der Waals surface area contributed by atoms with Crippen molar-refractivity contribution in [2.24, 2.45) is 23.7 Å². The van der Waals surface area contributed by atoms with Crippen LogP contribution in [0, 0.1) is 23.7 Å². The molecule has 5 unspecified atom stereocenters. The summed E-state index contributed by atoms with van der Waals surface area (Å²) in [6.45, 7) is 0. The van der Waals surface area contributed by atoms with Crippen molar-refractivity contribution in [2.75, 3.05) is 0 Å².